The molecule has 0 bridgehead atoms. The molecule has 1 unspecified atom stereocenters. The van der Waals surface area contributed by atoms with Crippen molar-refractivity contribution in [2.75, 3.05) is 4.90 Å². The summed E-state index contributed by atoms with van der Waals surface area (Å²) in [5.41, 5.74) is 1.48. The van der Waals surface area contributed by atoms with Crippen LogP contribution >= 0.6 is 22.9 Å². The lowest BCUT2D eigenvalue weighted by Crippen LogP contribution is -2.29. The molecule has 1 N–H and O–H groups in total. The number of nitrogens with zero attached hydrogens (tertiary/aromatic N) is 2. The number of aryl methyl sites for hydroxylation is 1. The van der Waals surface area contributed by atoms with Gasteiger partial charge in [-0.25, -0.2) is 13.8 Å². The number of aliphatic hydroxyl groups excluding tert-OH is 1. The molecule has 5 nitrogen and oxygen atoms in total. The van der Waals surface area contributed by atoms with Crippen molar-refractivity contribution in [2.24, 2.45) is 0 Å². The maximum Gasteiger partial charge on any atom is 0.301 e. The van der Waals surface area contributed by atoms with E-state index in [2.05, 4.69) is 4.98 Å². The Balaban J connectivity index is 1.75. The Labute approximate surface area is 201 Å². The van der Waals surface area contributed by atoms with Gasteiger partial charge in [-0.1, -0.05) is 52.8 Å². The summed E-state index contributed by atoms with van der Waals surface area (Å²) in [5.74, 6) is -3.86. The van der Waals surface area contributed by atoms with Crippen LogP contribution in [0.5, 0.6) is 0 Å². The van der Waals surface area contributed by atoms with Crippen molar-refractivity contribution in [3.63, 3.8) is 0 Å². The van der Waals surface area contributed by atoms with Gasteiger partial charge in [-0.15, -0.1) is 0 Å². The van der Waals surface area contributed by atoms with E-state index in [1.54, 1.807) is 30.3 Å². The first kappa shape index (κ1) is 22.2. The number of aliphatic hydroxyl groups is 1. The number of halogens is 3. The first-order chi connectivity index (χ1) is 16.2. The Morgan fingerprint density at radius 2 is 1.82 bits per heavy atom. The summed E-state index contributed by atoms with van der Waals surface area (Å²) in [7, 11) is 0. The highest BCUT2D eigenvalue weighted by atomic mass is 35.5. The molecule has 1 atom stereocenters. The van der Waals surface area contributed by atoms with Crippen LogP contribution < -0.4 is 4.90 Å². The van der Waals surface area contributed by atoms with E-state index in [4.69, 9.17) is 11.6 Å². The fraction of sp³-hybridized carbons (Fsp3) is 0.0800. The van der Waals surface area contributed by atoms with E-state index < -0.39 is 29.4 Å². The lowest BCUT2D eigenvalue weighted by Gasteiger charge is -2.23. The number of hydrogen-bond acceptors (Lipinski definition) is 5. The van der Waals surface area contributed by atoms with Crippen LogP contribution in [0.1, 0.15) is 22.7 Å². The maximum atomic E-state index is 14.3. The number of benzene rings is 3. The van der Waals surface area contributed by atoms with Crippen LogP contribution in [0.4, 0.5) is 13.9 Å². The molecule has 0 saturated carbocycles. The molecule has 0 radical (unpaired) electrons. The van der Waals surface area contributed by atoms with Crippen LogP contribution in [0.15, 0.2) is 66.2 Å². The largest absolute Gasteiger partial charge is 0.507 e. The fourth-order valence-electron chi connectivity index (χ4n) is 4.00. The molecule has 34 heavy (non-hydrogen) atoms. The van der Waals surface area contributed by atoms with Crippen LogP contribution in [0.3, 0.4) is 0 Å². The zero-order valence-corrected chi connectivity index (χ0v) is 19.1. The summed E-state index contributed by atoms with van der Waals surface area (Å²) in [6, 6.07) is 14.1. The number of Topliss-reactive ketones (excluding diaryl/α,β-unsaturated/α-hetero) is 1. The minimum atomic E-state index is -1.02. The number of carbonyl (C=O) groups excluding carboxylic acids is 2. The summed E-state index contributed by atoms with van der Waals surface area (Å²) in [4.78, 5) is 31.7. The Hall–Kier alpha value is -3.62. The molecule has 1 saturated heterocycles. The summed E-state index contributed by atoms with van der Waals surface area (Å²) in [6.45, 7) is 1.85. The highest BCUT2D eigenvalue weighted by Gasteiger charge is 2.48. The van der Waals surface area contributed by atoms with Gasteiger partial charge in [0, 0.05) is 16.7 Å². The number of anilines is 1. The van der Waals surface area contributed by atoms with Gasteiger partial charge >= 0.3 is 5.91 Å². The zero-order valence-electron chi connectivity index (χ0n) is 17.6. The van der Waals surface area contributed by atoms with Gasteiger partial charge in [0.1, 0.15) is 17.1 Å². The van der Waals surface area contributed by atoms with Crippen molar-refractivity contribution >= 4 is 55.7 Å². The van der Waals surface area contributed by atoms with Gasteiger partial charge in [0.25, 0.3) is 5.78 Å². The standard InChI is InChI=1S/C25H15ClF2N2O3S/c1-12-3-2-4-14(9-12)21-19(22(31)13-5-7-15(26)8-6-13)23(32)24(33)30(21)25-29-20-17(28)10-16(27)11-18(20)34-25/h2-11,21,31H,1H3/b22-19+. The van der Waals surface area contributed by atoms with Gasteiger partial charge in [0.05, 0.1) is 16.3 Å². The number of fused-ring (bicyclic) bond motifs is 1. The number of hydrogen-bond donors (Lipinski definition) is 1. The summed E-state index contributed by atoms with van der Waals surface area (Å²) < 4.78 is 28.3. The van der Waals surface area contributed by atoms with Crippen molar-refractivity contribution in [3.8, 4) is 0 Å². The number of rotatable bonds is 3. The van der Waals surface area contributed by atoms with Gasteiger partial charge in [-0.3, -0.25) is 14.5 Å². The number of thiazole rings is 1. The van der Waals surface area contributed by atoms with E-state index in [9.17, 15) is 23.5 Å². The van der Waals surface area contributed by atoms with Crippen molar-refractivity contribution in [1.82, 2.24) is 4.98 Å². The van der Waals surface area contributed by atoms with Gasteiger partial charge in [0.2, 0.25) is 0 Å². The summed E-state index contributed by atoms with van der Waals surface area (Å²) in [6.07, 6.45) is 0. The predicted octanol–water partition coefficient (Wildman–Crippen LogP) is 6.16. The van der Waals surface area contributed by atoms with Crippen LogP contribution in [-0.2, 0) is 9.59 Å². The lowest BCUT2D eigenvalue weighted by molar-refractivity contribution is -0.132. The molecular formula is C25H15ClF2N2O3S. The monoisotopic (exact) mass is 496 g/mol. The quantitative estimate of drug-likeness (QED) is 0.209. The zero-order chi connectivity index (χ0) is 24.1. The molecule has 4 aromatic rings. The third-order valence-corrected chi connectivity index (χ3v) is 6.78. The second kappa shape index (κ2) is 8.30. The Bertz CT molecular complexity index is 1510. The van der Waals surface area contributed by atoms with Gasteiger partial charge < -0.3 is 5.11 Å². The molecule has 170 valence electrons. The number of carbonyl (C=O) groups is 2. The molecular weight excluding hydrogens is 482 g/mol. The first-order valence-electron chi connectivity index (χ1n) is 10.1. The van der Waals surface area contributed by atoms with E-state index in [0.717, 1.165) is 27.9 Å². The Morgan fingerprint density at radius 3 is 2.53 bits per heavy atom. The Kier molecular flexibility index (Phi) is 5.42. The summed E-state index contributed by atoms with van der Waals surface area (Å²) in [5, 5.41) is 11.6. The molecule has 5 rings (SSSR count). The van der Waals surface area contributed by atoms with Crippen molar-refractivity contribution in [1.29, 1.82) is 0 Å². The smallest absolute Gasteiger partial charge is 0.301 e. The van der Waals surface area contributed by atoms with E-state index >= 15 is 0 Å². The average molecular weight is 497 g/mol. The molecule has 3 aromatic carbocycles. The molecule has 2 heterocycles. The number of aromatic nitrogens is 1. The number of amides is 1. The van der Waals surface area contributed by atoms with E-state index in [-0.39, 0.29) is 26.7 Å². The molecule has 0 aliphatic carbocycles. The second-order valence-electron chi connectivity index (χ2n) is 7.82. The van der Waals surface area contributed by atoms with Crippen molar-refractivity contribution < 1.29 is 23.5 Å². The normalized spacial score (nSPS) is 17.6. The van der Waals surface area contributed by atoms with E-state index in [0.29, 0.717) is 22.2 Å². The van der Waals surface area contributed by atoms with Crippen LogP contribution in [0.25, 0.3) is 16.0 Å². The van der Waals surface area contributed by atoms with Gasteiger partial charge in [-0.2, -0.15) is 0 Å². The molecule has 1 fully saturated rings. The average Bonchev–Trinajstić information content (AvgIpc) is 3.33. The minimum absolute atomic E-state index is 0.0169. The van der Waals surface area contributed by atoms with E-state index in [1.165, 1.54) is 12.1 Å². The van der Waals surface area contributed by atoms with Gasteiger partial charge in [0.15, 0.2) is 10.9 Å². The SMILES string of the molecule is Cc1cccc(C2/C(=C(\O)c3ccc(Cl)cc3)C(=O)C(=O)N2c2nc3c(F)cc(F)cc3s2)c1. The van der Waals surface area contributed by atoms with E-state index in [1.807, 2.05) is 13.0 Å². The summed E-state index contributed by atoms with van der Waals surface area (Å²) >= 11 is 6.83. The van der Waals surface area contributed by atoms with Crippen molar-refractivity contribution in [2.45, 2.75) is 13.0 Å². The molecule has 0 spiro atoms. The third kappa shape index (κ3) is 3.65. The molecule has 1 aliphatic heterocycles. The Morgan fingerprint density at radius 1 is 1.09 bits per heavy atom. The predicted molar refractivity (Wildman–Crippen MR) is 127 cm³/mol. The molecule has 1 amide bonds. The maximum absolute atomic E-state index is 14.3. The fourth-order valence-corrected chi connectivity index (χ4v) is 5.15. The second-order valence-corrected chi connectivity index (χ2v) is 9.27. The van der Waals surface area contributed by atoms with Crippen LogP contribution in [0, 0.1) is 18.6 Å². The first-order valence-corrected chi connectivity index (χ1v) is 11.3. The molecule has 1 aliphatic rings. The van der Waals surface area contributed by atoms with Crippen LogP contribution in [0.2, 0.25) is 5.02 Å². The number of ketones is 1. The molecule has 9 heteroatoms. The van der Waals surface area contributed by atoms with Gasteiger partial charge in [-0.05, 0) is 42.8 Å². The highest BCUT2D eigenvalue weighted by Crippen LogP contribution is 2.44. The third-order valence-electron chi connectivity index (χ3n) is 5.53. The molecule has 1 aromatic heterocycles. The lowest BCUT2D eigenvalue weighted by atomic mass is 9.94. The highest BCUT2D eigenvalue weighted by molar-refractivity contribution is 7.22. The topological polar surface area (TPSA) is 70.5 Å². The van der Waals surface area contributed by atoms with Crippen LogP contribution in [-0.4, -0.2) is 21.8 Å². The van der Waals surface area contributed by atoms with Crippen molar-refractivity contribution in [3.05, 3.63) is 99.6 Å². The minimum Gasteiger partial charge on any atom is -0.507 e.